The lowest BCUT2D eigenvalue weighted by Crippen LogP contribution is -2.48. The first-order chi connectivity index (χ1) is 12.7. The average molecular weight is 356 g/mol. The van der Waals surface area contributed by atoms with Crippen molar-refractivity contribution in [3.05, 3.63) is 66.0 Å². The van der Waals surface area contributed by atoms with Crippen LogP contribution in [0.15, 0.2) is 54.6 Å². The van der Waals surface area contributed by atoms with E-state index in [1.54, 1.807) is 17.0 Å². The second-order valence-electron chi connectivity index (χ2n) is 6.67. The van der Waals surface area contributed by atoms with Crippen molar-refractivity contribution >= 4 is 11.6 Å². The van der Waals surface area contributed by atoms with Crippen LogP contribution in [0.3, 0.4) is 0 Å². The summed E-state index contributed by atoms with van der Waals surface area (Å²) < 4.78 is 18.3. The second-order valence-corrected chi connectivity index (χ2v) is 6.67. The van der Waals surface area contributed by atoms with E-state index in [9.17, 15) is 9.18 Å². The van der Waals surface area contributed by atoms with E-state index in [-0.39, 0.29) is 24.4 Å². The van der Waals surface area contributed by atoms with E-state index < -0.39 is 0 Å². The molecule has 1 heterocycles. The van der Waals surface area contributed by atoms with Crippen molar-refractivity contribution in [3.63, 3.8) is 0 Å². The van der Waals surface area contributed by atoms with Crippen LogP contribution in [0.5, 0.6) is 0 Å². The molecule has 0 aliphatic carbocycles. The minimum absolute atomic E-state index is 0.0294. The van der Waals surface area contributed by atoms with Gasteiger partial charge in [0.05, 0.1) is 0 Å². The van der Waals surface area contributed by atoms with Crippen LogP contribution in [0.4, 0.5) is 10.1 Å². The van der Waals surface area contributed by atoms with Crippen LogP contribution in [-0.2, 0) is 16.1 Å². The summed E-state index contributed by atoms with van der Waals surface area (Å²) in [6.07, 6.45) is 1.78. The molecule has 138 valence electrons. The van der Waals surface area contributed by atoms with Crippen molar-refractivity contribution in [1.82, 2.24) is 4.90 Å². The molecule has 0 saturated carbocycles. The maximum atomic E-state index is 13.3. The Hall–Kier alpha value is -2.24. The van der Waals surface area contributed by atoms with Crippen LogP contribution in [0, 0.1) is 5.82 Å². The highest BCUT2D eigenvalue weighted by Gasteiger charge is 2.29. The number of carbonyl (C=O) groups is 1. The predicted molar refractivity (Wildman–Crippen MR) is 101 cm³/mol. The van der Waals surface area contributed by atoms with Gasteiger partial charge >= 0.3 is 0 Å². The van der Waals surface area contributed by atoms with Gasteiger partial charge in [0.15, 0.2) is 0 Å². The number of anilines is 1. The first kappa shape index (κ1) is 18.5. The fraction of sp³-hybridized carbons (Fsp3) is 0.381. The smallest absolute Gasteiger partial charge is 0.253 e. The first-order valence-corrected chi connectivity index (χ1v) is 9.00. The summed E-state index contributed by atoms with van der Waals surface area (Å²) in [6.45, 7) is 2.81. The summed E-state index contributed by atoms with van der Waals surface area (Å²) in [6, 6.07) is 16.6. The molecule has 26 heavy (non-hydrogen) atoms. The Morgan fingerprint density at radius 3 is 2.38 bits per heavy atom. The topological polar surface area (TPSA) is 32.8 Å². The van der Waals surface area contributed by atoms with E-state index in [0.717, 1.165) is 38.2 Å². The van der Waals surface area contributed by atoms with Gasteiger partial charge in [-0.3, -0.25) is 9.69 Å². The Balaban J connectivity index is 1.66. The van der Waals surface area contributed by atoms with Gasteiger partial charge in [0.1, 0.15) is 12.4 Å². The van der Waals surface area contributed by atoms with E-state index in [2.05, 4.69) is 29.2 Å². The molecular weight excluding hydrogens is 331 g/mol. The van der Waals surface area contributed by atoms with Crippen molar-refractivity contribution in [3.8, 4) is 0 Å². The van der Waals surface area contributed by atoms with Gasteiger partial charge in [-0.2, -0.15) is 0 Å². The molecule has 2 aromatic carbocycles. The number of hydrogen-bond donors (Lipinski definition) is 0. The standard InChI is InChI=1S/C21H25FN2O2/c1-26-16-21(25)24(19-9-7-18(22)8-10-19)20-11-13-23(14-12-20)15-17-5-3-2-4-6-17/h2-10,20H,11-16H2,1H3. The summed E-state index contributed by atoms with van der Waals surface area (Å²) in [4.78, 5) is 16.8. The number of benzene rings is 2. The number of rotatable bonds is 6. The minimum atomic E-state index is -0.300. The maximum Gasteiger partial charge on any atom is 0.253 e. The predicted octanol–water partition coefficient (Wildman–Crippen LogP) is 3.47. The van der Waals surface area contributed by atoms with E-state index >= 15 is 0 Å². The van der Waals surface area contributed by atoms with Crippen molar-refractivity contribution in [2.45, 2.75) is 25.4 Å². The van der Waals surface area contributed by atoms with Gasteiger partial charge in [-0.15, -0.1) is 0 Å². The Morgan fingerprint density at radius 2 is 1.77 bits per heavy atom. The molecule has 0 spiro atoms. The molecule has 1 aliphatic rings. The van der Waals surface area contributed by atoms with E-state index in [1.165, 1.54) is 24.8 Å². The van der Waals surface area contributed by atoms with Crippen LogP contribution in [-0.4, -0.2) is 43.7 Å². The molecule has 0 aromatic heterocycles. The fourth-order valence-corrected chi connectivity index (χ4v) is 3.53. The summed E-state index contributed by atoms with van der Waals surface area (Å²) >= 11 is 0. The SMILES string of the molecule is COCC(=O)N(c1ccc(F)cc1)C1CCN(Cc2ccccc2)CC1. The average Bonchev–Trinajstić information content (AvgIpc) is 2.66. The van der Waals surface area contributed by atoms with Crippen molar-refractivity contribution in [2.24, 2.45) is 0 Å². The number of likely N-dealkylation sites (tertiary alicyclic amines) is 1. The van der Waals surface area contributed by atoms with Crippen molar-refractivity contribution in [1.29, 1.82) is 0 Å². The lowest BCUT2D eigenvalue weighted by atomic mass is 10.0. The lowest BCUT2D eigenvalue weighted by molar-refractivity contribution is -0.122. The largest absolute Gasteiger partial charge is 0.375 e. The quantitative estimate of drug-likeness (QED) is 0.795. The molecule has 0 radical (unpaired) electrons. The summed E-state index contributed by atoms with van der Waals surface area (Å²) in [5.74, 6) is -0.383. The summed E-state index contributed by atoms with van der Waals surface area (Å²) in [5.41, 5.74) is 2.03. The van der Waals surface area contributed by atoms with Gasteiger partial charge in [0.25, 0.3) is 5.91 Å². The highest BCUT2D eigenvalue weighted by Crippen LogP contribution is 2.25. The molecule has 0 atom stereocenters. The van der Waals surface area contributed by atoms with Gasteiger partial charge in [0.2, 0.25) is 0 Å². The number of carbonyl (C=O) groups excluding carboxylic acids is 1. The maximum absolute atomic E-state index is 13.3. The Kier molecular flexibility index (Phi) is 6.36. The number of nitrogens with zero attached hydrogens (tertiary/aromatic N) is 2. The zero-order valence-electron chi connectivity index (χ0n) is 15.1. The Morgan fingerprint density at radius 1 is 1.12 bits per heavy atom. The fourth-order valence-electron chi connectivity index (χ4n) is 3.53. The number of piperidine rings is 1. The Bertz CT molecular complexity index is 698. The molecule has 1 aliphatic heterocycles. The summed E-state index contributed by atoms with van der Waals surface area (Å²) in [7, 11) is 1.52. The minimum Gasteiger partial charge on any atom is -0.375 e. The highest BCUT2D eigenvalue weighted by atomic mass is 19.1. The molecule has 1 saturated heterocycles. The van der Waals surface area contributed by atoms with Crippen molar-refractivity contribution < 1.29 is 13.9 Å². The third-order valence-electron chi connectivity index (χ3n) is 4.81. The normalized spacial score (nSPS) is 15.8. The first-order valence-electron chi connectivity index (χ1n) is 9.00. The van der Waals surface area contributed by atoms with Gasteiger partial charge in [-0.05, 0) is 42.7 Å². The molecule has 0 N–H and O–H groups in total. The monoisotopic (exact) mass is 356 g/mol. The molecular formula is C21H25FN2O2. The molecule has 1 amide bonds. The second kappa shape index (κ2) is 8.92. The number of methoxy groups -OCH3 is 1. The Labute approximate surface area is 154 Å². The van der Waals surface area contributed by atoms with Crippen LogP contribution >= 0.6 is 0 Å². The van der Waals surface area contributed by atoms with Crippen LogP contribution < -0.4 is 4.90 Å². The number of ether oxygens (including phenoxy) is 1. The number of amides is 1. The molecule has 0 unspecified atom stereocenters. The molecule has 5 heteroatoms. The zero-order valence-corrected chi connectivity index (χ0v) is 15.1. The van der Waals surface area contributed by atoms with Crippen molar-refractivity contribution in [2.75, 3.05) is 31.7 Å². The van der Waals surface area contributed by atoms with Crippen LogP contribution in [0.2, 0.25) is 0 Å². The van der Waals surface area contributed by atoms with E-state index in [4.69, 9.17) is 4.74 Å². The van der Waals surface area contributed by atoms with E-state index in [1.807, 2.05) is 6.07 Å². The summed E-state index contributed by atoms with van der Waals surface area (Å²) in [5, 5.41) is 0. The van der Waals surface area contributed by atoms with Gasteiger partial charge in [-0.1, -0.05) is 30.3 Å². The van der Waals surface area contributed by atoms with Crippen LogP contribution in [0.1, 0.15) is 18.4 Å². The molecule has 0 bridgehead atoms. The molecule has 2 aromatic rings. The molecule has 4 nitrogen and oxygen atoms in total. The van der Waals surface area contributed by atoms with E-state index in [0.29, 0.717) is 0 Å². The van der Waals surface area contributed by atoms with Crippen LogP contribution in [0.25, 0.3) is 0 Å². The number of halogens is 1. The van der Waals surface area contributed by atoms with Gasteiger partial charge in [-0.25, -0.2) is 4.39 Å². The molecule has 3 rings (SSSR count). The third-order valence-corrected chi connectivity index (χ3v) is 4.81. The number of hydrogen-bond acceptors (Lipinski definition) is 3. The van der Waals surface area contributed by atoms with Gasteiger partial charge < -0.3 is 9.64 Å². The zero-order chi connectivity index (χ0) is 18.4. The van der Waals surface area contributed by atoms with Gasteiger partial charge in [0, 0.05) is 38.5 Å². The highest BCUT2D eigenvalue weighted by molar-refractivity contribution is 5.94. The lowest BCUT2D eigenvalue weighted by Gasteiger charge is -2.38. The molecule has 1 fully saturated rings. The third kappa shape index (κ3) is 4.68.